The van der Waals surface area contributed by atoms with E-state index in [9.17, 15) is 14.0 Å². The molecule has 2 fully saturated rings. The van der Waals surface area contributed by atoms with Crippen LogP contribution in [0.1, 0.15) is 30.2 Å². The number of piperidine rings is 1. The van der Waals surface area contributed by atoms with E-state index >= 15 is 0 Å². The van der Waals surface area contributed by atoms with Gasteiger partial charge in [-0.15, -0.1) is 11.3 Å². The first kappa shape index (κ1) is 18.4. The Morgan fingerprint density at radius 3 is 2.45 bits per heavy atom. The average molecular weight is 409 g/mol. The Hall–Kier alpha value is -2.64. The van der Waals surface area contributed by atoms with Crippen molar-refractivity contribution in [2.45, 2.75) is 31.2 Å². The number of benzene rings is 2. The fourth-order valence-corrected chi connectivity index (χ4v) is 5.42. The van der Waals surface area contributed by atoms with Crippen LogP contribution in [0.2, 0.25) is 0 Å². The molecule has 29 heavy (non-hydrogen) atoms. The molecule has 0 radical (unpaired) electrons. The molecule has 3 heterocycles. The number of rotatable bonds is 3. The van der Waals surface area contributed by atoms with Gasteiger partial charge in [-0.05, 0) is 62.3 Å². The summed E-state index contributed by atoms with van der Waals surface area (Å²) in [4.78, 5) is 33.5. The second-order valence-electron chi connectivity index (χ2n) is 7.59. The first-order valence-electron chi connectivity index (χ1n) is 9.82. The Kier molecular flexibility index (Phi) is 4.64. The number of carbonyl (C=O) groups is 2. The second-order valence-corrected chi connectivity index (χ2v) is 8.66. The van der Waals surface area contributed by atoms with Crippen molar-refractivity contribution in [3.05, 3.63) is 59.4 Å². The number of amides is 2. The van der Waals surface area contributed by atoms with E-state index in [2.05, 4.69) is 11.0 Å². The molecule has 2 amide bonds. The van der Waals surface area contributed by atoms with Crippen LogP contribution in [0.15, 0.2) is 48.5 Å². The zero-order valence-corrected chi connectivity index (χ0v) is 16.6. The molecule has 0 spiro atoms. The highest BCUT2D eigenvalue weighted by Crippen LogP contribution is 2.35. The third-order valence-corrected chi connectivity index (χ3v) is 7.04. The van der Waals surface area contributed by atoms with Crippen LogP contribution in [0, 0.1) is 5.82 Å². The molecule has 5 rings (SSSR count). The molecule has 2 aliphatic heterocycles. The van der Waals surface area contributed by atoms with Gasteiger partial charge in [0.2, 0.25) is 5.91 Å². The molecule has 2 aliphatic rings. The summed E-state index contributed by atoms with van der Waals surface area (Å²) in [7, 11) is 0. The van der Waals surface area contributed by atoms with Crippen molar-refractivity contribution in [3.8, 4) is 0 Å². The number of likely N-dealkylation sites (tertiary alicyclic amines) is 1. The normalized spacial score (nSPS) is 21.4. The number of carbonyl (C=O) groups excluding carboxylic acids is 2. The van der Waals surface area contributed by atoms with E-state index in [1.165, 1.54) is 33.9 Å². The Bertz CT molecular complexity index is 1040. The number of para-hydroxylation sites is 1. The van der Waals surface area contributed by atoms with Crippen LogP contribution in [-0.4, -0.2) is 40.8 Å². The van der Waals surface area contributed by atoms with E-state index in [0.29, 0.717) is 11.6 Å². The summed E-state index contributed by atoms with van der Waals surface area (Å²) in [5.41, 5.74) is 1.48. The molecule has 1 atom stereocenters. The highest BCUT2D eigenvalue weighted by Gasteiger charge is 2.43. The summed E-state index contributed by atoms with van der Waals surface area (Å²) in [6.07, 6.45) is 2.03. The standard InChI is InChI=1S/C22H20FN3O2S/c23-15-5-7-16(8-6-15)26-20(27)13-18(22(26)28)25-11-9-14(10-12-25)21-24-17-3-1-2-4-19(17)29-21/h1-8,14,18H,9-13H2/t18-/m1/s1. The van der Waals surface area contributed by atoms with Gasteiger partial charge in [0.15, 0.2) is 0 Å². The van der Waals surface area contributed by atoms with Gasteiger partial charge >= 0.3 is 0 Å². The molecule has 0 N–H and O–H groups in total. The highest BCUT2D eigenvalue weighted by atomic mass is 32.1. The number of thiazole rings is 1. The zero-order chi connectivity index (χ0) is 20.0. The van der Waals surface area contributed by atoms with Crippen molar-refractivity contribution in [1.29, 1.82) is 0 Å². The van der Waals surface area contributed by atoms with Crippen molar-refractivity contribution in [3.63, 3.8) is 0 Å². The molecule has 0 unspecified atom stereocenters. The van der Waals surface area contributed by atoms with Crippen LogP contribution in [0.25, 0.3) is 10.2 Å². The minimum absolute atomic E-state index is 0.183. The summed E-state index contributed by atoms with van der Waals surface area (Å²) in [6.45, 7) is 1.53. The molecule has 3 aromatic rings. The molecular formula is C22H20FN3O2S. The number of halogens is 1. The van der Waals surface area contributed by atoms with Crippen LogP contribution in [0.5, 0.6) is 0 Å². The molecule has 5 nitrogen and oxygen atoms in total. The second kappa shape index (κ2) is 7.31. The van der Waals surface area contributed by atoms with Crippen LogP contribution in [0.3, 0.4) is 0 Å². The Labute approximate surface area is 171 Å². The minimum Gasteiger partial charge on any atom is -0.291 e. The summed E-state index contributed by atoms with van der Waals surface area (Å²) in [5, 5.41) is 1.16. The van der Waals surface area contributed by atoms with Gasteiger partial charge in [0.25, 0.3) is 5.91 Å². The van der Waals surface area contributed by atoms with E-state index in [0.717, 1.165) is 36.5 Å². The van der Waals surface area contributed by atoms with Gasteiger partial charge < -0.3 is 0 Å². The van der Waals surface area contributed by atoms with Gasteiger partial charge in [0.05, 0.1) is 33.4 Å². The van der Waals surface area contributed by atoms with Crippen molar-refractivity contribution in [2.75, 3.05) is 18.0 Å². The lowest BCUT2D eigenvalue weighted by atomic mass is 9.96. The van der Waals surface area contributed by atoms with Gasteiger partial charge in [-0.25, -0.2) is 14.3 Å². The summed E-state index contributed by atoms with van der Waals surface area (Å²) < 4.78 is 14.4. The largest absolute Gasteiger partial charge is 0.291 e. The van der Waals surface area contributed by atoms with Crippen LogP contribution in [0.4, 0.5) is 10.1 Å². The third-order valence-electron chi connectivity index (χ3n) is 5.84. The van der Waals surface area contributed by atoms with Crippen LogP contribution >= 0.6 is 11.3 Å². The van der Waals surface area contributed by atoms with Crippen molar-refractivity contribution >= 4 is 39.1 Å². The lowest BCUT2D eigenvalue weighted by Crippen LogP contribution is -2.45. The lowest BCUT2D eigenvalue weighted by molar-refractivity contribution is -0.123. The third kappa shape index (κ3) is 3.34. The Balaban J connectivity index is 1.27. The van der Waals surface area contributed by atoms with E-state index in [-0.39, 0.29) is 24.1 Å². The SMILES string of the molecule is O=C1C[C@@H](N2CCC(c3nc4ccccc4s3)CC2)C(=O)N1c1ccc(F)cc1. The first-order valence-corrected chi connectivity index (χ1v) is 10.6. The maximum Gasteiger partial charge on any atom is 0.251 e. The number of hydrogen-bond donors (Lipinski definition) is 0. The van der Waals surface area contributed by atoms with Crippen molar-refractivity contribution in [1.82, 2.24) is 9.88 Å². The molecule has 2 saturated heterocycles. The average Bonchev–Trinajstić information content (AvgIpc) is 3.30. The molecule has 0 bridgehead atoms. The number of anilines is 1. The predicted molar refractivity (Wildman–Crippen MR) is 110 cm³/mol. The monoisotopic (exact) mass is 409 g/mol. The predicted octanol–water partition coefficient (Wildman–Crippen LogP) is 3.95. The quantitative estimate of drug-likeness (QED) is 0.615. The lowest BCUT2D eigenvalue weighted by Gasteiger charge is -2.34. The maximum atomic E-state index is 13.2. The molecule has 1 aromatic heterocycles. The molecule has 0 aliphatic carbocycles. The molecule has 0 saturated carbocycles. The minimum atomic E-state index is -0.427. The Morgan fingerprint density at radius 1 is 1.00 bits per heavy atom. The topological polar surface area (TPSA) is 53.5 Å². The molecular weight excluding hydrogens is 389 g/mol. The number of nitrogens with zero attached hydrogens (tertiary/aromatic N) is 3. The maximum absolute atomic E-state index is 13.2. The fraction of sp³-hybridized carbons (Fsp3) is 0.318. The summed E-state index contributed by atoms with van der Waals surface area (Å²) in [6, 6.07) is 13.2. The van der Waals surface area contributed by atoms with Gasteiger partial charge in [0, 0.05) is 5.92 Å². The number of imide groups is 1. The number of hydrogen-bond acceptors (Lipinski definition) is 5. The van der Waals surface area contributed by atoms with Gasteiger partial charge in [0.1, 0.15) is 5.82 Å². The molecule has 148 valence electrons. The highest BCUT2D eigenvalue weighted by molar-refractivity contribution is 7.18. The number of aromatic nitrogens is 1. The van der Waals surface area contributed by atoms with E-state index in [4.69, 9.17) is 4.98 Å². The summed E-state index contributed by atoms with van der Waals surface area (Å²) >= 11 is 1.75. The van der Waals surface area contributed by atoms with E-state index in [1.54, 1.807) is 11.3 Å². The fourth-order valence-electron chi connectivity index (χ4n) is 4.29. The smallest absolute Gasteiger partial charge is 0.251 e. The van der Waals surface area contributed by atoms with Crippen molar-refractivity contribution < 1.29 is 14.0 Å². The van der Waals surface area contributed by atoms with E-state index in [1.807, 2.05) is 18.2 Å². The van der Waals surface area contributed by atoms with Crippen LogP contribution in [-0.2, 0) is 9.59 Å². The zero-order valence-electron chi connectivity index (χ0n) is 15.8. The molecule has 7 heteroatoms. The Morgan fingerprint density at radius 2 is 1.72 bits per heavy atom. The van der Waals surface area contributed by atoms with Gasteiger partial charge in [-0.1, -0.05) is 12.1 Å². The van der Waals surface area contributed by atoms with Crippen molar-refractivity contribution in [2.24, 2.45) is 0 Å². The van der Waals surface area contributed by atoms with E-state index < -0.39 is 6.04 Å². The van der Waals surface area contributed by atoms with Gasteiger partial charge in [-0.2, -0.15) is 0 Å². The number of fused-ring (bicyclic) bond motifs is 1. The summed E-state index contributed by atoms with van der Waals surface area (Å²) in [5.74, 6) is -0.426. The first-order chi connectivity index (χ1) is 14.1. The molecule has 2 aromatic carbocycles. The van der Waals surface area contributed by atoms with Crippen LogP contribution < -0.4 is 4.90 Å². The van der Waals surface area contributed by atoms with Gasteiger partial charge in [-0.3, -0.25) is 14.5 Å².